The van der Waals surface area contributed by atoms with Gasteiger partial charge in [0, 0.05) is 31.7 Å². The first-order valence-electron chi connectivity index (χ1n) is 6.78. The SMILES string of the molecule is Cc1ccc(CN2CC(C)NC(CC(=O)O)C2)cc1. The van der Waals surface area contributed by atoms with Crippen LogP contribution in [0.2, 0.25) is 0 Å². The van der Waals surface area contributed by atoms with Gasteiger partial charge in [0.2, 0.25) is 0 Å². The van der Waals surface area contributed by atoms with Crippen LogP contribution in [0.5, 0.6) is 0 Å². The van der Waals surface area contributed by atoms with Crippen LogP contribution in [-0.4, -0.2) is 41.1 Å². The van der Waals surface area contributed by atoms with Gasteiger partial charge in [-0.3, -0.25) is 9.69 Å². The van der Waals surface area contributed by atoms with Gasteiger partial charge < -0.3 is 10.4 Å². The Balaban J connectivity index is 1.95. The van der Waals surface area contributed by atoms with Crippen LogP contribution >= 0.6 is 0 Å². The second kappa shape index (κ2) is 6.17. The molecule has 0 aromatic heterocycles. The fourth-order valence-electron chi connectivity index (χ4n) is 2.70. The molecule has 1 fully saturated rings. The zero-order valence-electron chi connectivity index (χ0n) is 11.6. The Morgan fingerprint density at radius 3 is 2.68 bits per heavy atom. The van der Waals surface area contributed by atoms with Crippen molar-refractivity contribution in [3.63, 3.8) is 0 Å². The van der Waals surface area contributed by atoms with Crippen LogP contribution in [0.1, 0.15) is 24.5 Å². The van der Waals surface area contributed by atoms with Crippen molar-refractivity contribution in [3.05, 3.63) is 35.4 Å². The number of carbonyl (C=O) groups is 1. The van der Waals surface area contributed by atoms with Crippen molar-refractivity contribution in [2.75, 3.05) is 13.1 Å². The maximum absolute atomic E-state index is 10.8. The molecule has 2 rings (SSSR count). The number of carboxylic acid groups (broad SMARTS) is 1. The molecule has 1 heterocycles. The van der Waals surface area contributed by atoms with Crippen molar-refractivity contribution < 1.29 is 9.90 Å². The third kappa shape index (κ3) is 4.33. The number of carboxylic acids is 1. The topological polar surface area (TPSA) is 52.6 Å². The number of rotatable bonds is 4. The molecule has 0 amide bonds. The molecule has 4 heteroatoms. The van der Waals surface area contributed by atoms with Gasteiger partial charge in [0.1, 0.15) is 0 Å². The molecule has 0 radical (unpaired) electrons. The van der Waals surface area contributed by atoms with Crippen LogP contribution in [0.4, 0.5) is 0 Å². The molecule has 0 bridgehead atoms. The molecule has 2 N–H and O–H groups in total. The lowest BCUT2D eigenvalue weighted by atomic mass is 10.1. The molecule has 19 heavy (non-hydrogen) atoms. The van der Waals surface area contributed by atoms with E-state index in [0.717, 1.165) is 19.6 Å². The van der Waals surface area contributed by atoms with Gasteiger partial charge in [0.25, 0.3) is 0 Å². The lowest BCUT2D eigenvalue weighted by Gasteiger charge is -2.37. The molecule has 1 aromatic carbocycles. The van der Waals surface area contributed by atoms with E-state index in [1.807, 2.05) is 0 Å². The molecule has 104 valence electrons. The summed E-state index contributed by atoms with van der Waals surface area (Å²) in [6.07, 6.45) is 0.189. The molecule has 1 aromatic rings. The number of aliphatic carboxylic acids is 1. The quantitative estimate of drug-likeness (QED) is 0.866. The van der Waals surface area contributed by atoms with Gasteiger partial charge in [-0.2, -0.15) is 0 Å². The molecule has 0 saturated carbocycles. The summed E-state index contributed by atoms with van der Waals surface area (Å²) >= 11 is 0. The lowest BCUT2D eigenvalue weighted by Crippen LogP contribution is -2.55. The Morgan fingerprint density at radius 2 is 2.05 bits per heavy atom. The van der Waals surface area contributed by atoms with Crippen molar-refractivity contribution in [1.82, 2.24) is 10.2 Å². The average molecular weight is 262 g/mol. The van der Waals surface area contributed by atoms with Crippen molar-refractivity contribution in [2.24, 2.45) is 0 Å². The summed E-state index contributed by atoms with van der Waals surface area (Å²) in [4.78, 5) is 13.2. The number of hydrogen-bond acceptors (Lipinski definition) is 3. The van der Waals surface area contributed by atoms with Crippen molar-refractivity contribution in [1.29, 1.82) is 0 Å². The third-order valence-electron chi connectivity index (χ3n) is 3.48. The summed E-state index contributed by atoms with van der Waals surface area (Å²) in [5, 5.41) is 12.3. The summed E-state index contributed by atoms with van der Waals surface area (Å²) in [6, 6.07) is 8.92. The van der Waals surface area contributed by atoms with Crippen LogP contribution < -0.4 is 5.32 Å². The minimum atomic E-state index is -0.734. The van der Waals surface area contributed by atoms with E-state index in [2.05, 4.69) is 48.3 Å². The number of nitrogens with one attached hydrogen (secondary N) is 1. The molecule has 0 spiro atoms. The van der Waals surface area contributed by atoms with Crippen LogP contribution in [0.3, 0.4) is 0 Å². The van der Waals surface area contributed by atoms with Gasteiger partial charge in [-0.15, -0.1) is 0 Å². The fraction of sp³-hybridized carbons (Fsp3) is 0.533. The average Bonchev–Trinajstić information content (AvgIpc) is 2.30. The Bertz CT molecular complexity index is 430. The Labute approximate surface area is 114 Å². The van der Waals surface area contributed by atoms with Gasteiger partial charge in [0.05, 0.1) is 6.42 Å². The second-order valence-electron chi connectivity index (χ2n) is 5.54. The molecule has 2 atom stereocenters. The second-order valence-corrected chi connectivity index (χ2v) is 5.54. The summed E-state index contributed by atoms with van der Waals surface area (Å²) in [7, 11) is 0. The van der Waals surface area contributed by atoms with Crippen LogP contribution in [-0.2, 0) is 11.3 Å². The standard InChI is InChI=1S/C15H22N2O2/c1-11-3-5-13(6-4-11)9-17-8-12(2)16-14(10-17)7-15(18)19/h3-6,12,14,16H,7-10H2,1-2H3,(H,18,19). The van der Waals surface area contributed by atoms with Gasteiger partial charge in [-0.25, -0.2) is 0 Å². The fourth-order valence-corrected chi connectivity index (χ4v) is 2.70. The summed E-state index contributed by atoms with van der Waals surface area (Å²) in [5.74, 6) is -0.734. The van der Waals surface area contributed by atoms with E-state index in [4.69, 9.17) is 5.11 Å². The first kappa shape index (κ1) is 14.0. The number of benzene rings is 1. The summed E-state index contributed by atoms with van der Waals surface area (Å²) in [6.45, 7) is 6.84. The molecule has 2 unspecified atom stereocenters. The molecule has 0 aliphatic carbocycles. The van der Waals surface area contributed by atoms with E-state index < -0.39 is 5.97 Å². The zero-order valence-corrected chi connectivity index (χ0v) is 11.6. The van der Waals surface area contributed by atoms with E-state index >= 15 is 0 Å². The molecule has 1 aliphatic rings. The predicted octanol–water partition coefficient (Wildman–Crippen LogP) is 1.63. The molecule has 1 aliphatic heterocycles. The smallest absolute Gasteiger partial charge is 0.304 e. The number of nitrogens with zero attached hydrogens (tertiary/aromatic N) is 1. The first-order chi connectivity index (χ1) is 9.02. The van der Waals surface area contributed by atoms with Crippen LogP contribution in [0, 0.1) is 6.92 Å². The third-order valence-corrected chi connectivity index (χ3v) is 3.48. The van der Waals surface area contributed by atoms with Crippen molar-refractivity contribution >= 4 is 5.97 Å². The van der Waals surface area contributed by atoms with E-state index in [1.54, 1.807) is 0 Å². The van der Waals surface area contributed by atoms with Crippen molar-refractivity contribution in [3.8, 4) is 0 Å². The van der Waals surface area contributed by atoms with E-state index in [1.165, 1.54) is 11.1 Å². The summed E-state index contributed by atoms with van der Waals surface area (Å²) < 4.78 is 0. The molecule has 4 nitrogen and oxygen atoms in total. The minimum Gasteiger partial charge on any atom is -0.481 e. The Hall–Kier alpha value is -1.39. The lowest BCUT2D eigenvalue weighted by molar-refractivity contribution is -0.137. The maximum Gasteiger partial charge on any atom is 0.304 e. The number of hydrogen-bond donors (Lipinski definition) is 2. The van der Waals surface area contributed by atoms with E-state index in [-0.39, 0.29) is 12.5 Å². The highest BCUT2D eigenvalue weighted by Gasteiger charge is 2.25. The van der Waals surface area contributed by atoms with Gasteiger partial charge >= 0.3 is 5.97 Å². The number of aryl methyl sites for hydroxylation is 1. The summed E-state index contributed by atoms with van der Waals surface area (Å²) in [5.41, 5.74) is 2.55. The van der Waals surface area contributed by atoms with Gasteiger partial charge in [-0.05, 0) is 19.4 Å². The largest absolute Gasteiger partial charge is 0.481 e. The van der Waals surface area contributed by atoms with E-state index in [0.29, 0.717) is 6.04 Å². The van der Waals surface area contributed by atoms with Crippen LogP contribution in [0.25, 0.3) is 0 Å². The van der Waals surface area contributed by atoms with Crippen molar-refractivity contribution in [2.45, 2.75) is 38.9 Å². The number of piperazine rings is 1. The van der Waals surface area contributed by atoms with Gasteiger partial charge in [-0.1, -0.05) is 29.8 Å². The van der Waals surface area contributed by atoms with E-state index in [9.17, 15) is 4.79 Å². The monoisotopic (exact) mass is 262 g/mol. The first-order valence-corrected chi connectivity index (χ1v) is 6.78. The molecule has 1 saturated heterocycles. The highest BCUT2D eigenvalue weighted by atomic mass is 16.4. The Morgan fingerprint density at radius 1 is 1.37 bits per heavy atom. The zero-order chi connectivity index (χ0) is 13.8. The highest BCUT2D eigenvalue weighted by Crippen LogP contribution is 2.12. The minimum absolute atomic E-state index is 0.0479. The molecular weight excluding hydrogens is 240 g/mol. The Kier molecular flexibility index (Phi) is 4.56. The predicted molar refractivity (Wildman–Crippen MR) is 75.1 cm³/mol. The maximum atomic E-state index is 10.8. The molecular formula is C15H22N2O2. The highest BCUT2D eigenvalue weighted by molar-refractivity contribution is 5.67. The van der Waals surface area contributed by atoms with Crippen LogP contribution in [0.15, 0.2) is 24.3 Å². The normalized spacial score (nSPS) is 24.3. The van der Waals surface area contributed by atoms with Gasteiger partial charge in [0.15, 0.2) is 0 Å².